The van der Waals surface area contributed by atoms with E-state index in [1.165, 1.54) is 12.1 Å². The van der Waals surface area contributed by atoms with E-state index in [0.717, 1.165) is 62.1 Å². The molecule has 0 radical (unpaired) electrons. The maximum absolute atomic E-state index is 13.0. The lowest BCUT2D eigenvalue weighted by Gasteiger charge is -2.13. The minimum absolute atomic E-state index is 0. The third-order valence-electron chi connectivity index (χ3n) is 3.84. The number of hydrogen-bond acceptors (Lipinski definition) is 4. The lowest BCUT2D eigenvalue weighted by atomic mass is 10.1. The minimum atomic E-state index is -0.205. The van der Waals surface area contributed by atoms with Gasteiger partial charge in [-0.25, -0.2) is 4.39 Å². The van der Waals surface area contributed by atoms with Crippen LogP contribution in [0.5, 0.6) is 0 Å². The predicted octanol–water partition coefficient (Wildman–Crippen LogP) is 2.74. The molecule has 0 aliphatic carbocycles. The topological polar surface area (TPSA) is 67.1 Å². The van der Waals surface area contributed by atoms with Crippen LogP contribution in [-0.4, -0.2) is 52.4 Å². The number of aliphatic imine (C=N–C) groups is 1. The van der Waals surface area contributed by atoms with Gasteiger partial charge in [-0.1, -0.05) is 19.1 Å². The quantitative estimate of drug-likeness (QED) is 0.225. The molecule has 0 atom stereocenters. The Hall–Kier alpha value is -1.36. The van der Waals surface area contributed by atoms with Crippen molar-refractivity contribution >= 4 is 41.7 Å². The van der Waals surface area contributed by atoms with Crippen LogP contribution in [-0.2, 0) is 19.4 Å². The highest BCUT2D eigenvalue weighted by atomic mass is 127. The second kappa shape index (κ2) is 13.8. The molecule has 0 aliphatic heterocycles. The summed E-state index contributed by atoms with van der Waals surface area (Å²) in [6, 6.07) is 6.61. The summed E-state index contributed by atoms with van der Waals surface area (Å²) >= 11 is 1.77. The summed E-state index contributed by atoms with van der Waals surface area (Å²) in [5.41, 5.74) is 1.10. The molecular weight excluding hydrogens is 478 g/mol. The Morgan fingerprint density at radius 3 is 2.67 bits per heavy atom. The number of thioether (sulfide) groups is 1. The largest absolute Gasteiger partial charge is 0.356 e. The molecule has 0 unspecified atom stereocenters. The number of aryl methyl sites for hydroxylation is 1. The van der Waals surface area contributed by atoms with Crippen LogP contribution in [0.15, 0.2) is 35.6 Å². The molecule has 1 heterocycles. The molecule has 0 aliphatic rings. The van der Waals surface area contributed by atoms with E-state index < -0.39 is 0 Å². The smallest absolute Gasteiger partial charge is 0.191 e. The molecule has 0 saturated heterocycles. The van der Waals surface area contributed by atoms with Crippen molar-refractivity contribution in [1.82, 2.24) is 25.4 Å². The van der Waals surface area contributed by atoms with Crippen LogP contribution < -0.4 is 10.6 Å². The predicted molar refractivity (Wildman–Crippen MR) is 122 cm³/mol. The Labute approximate surface area is 181 Å². The highest BCUT2D eigenvalue weighted by Gasteiger charge is 2.03. The van der Waals surface area contributed by atoms with Crippen LogP contribution in [0, 0.1) is 5.82 Å². The third-order valence-corrected chi connectivity index (χ3v) is 4.43. The van der Waals surface area contributed by atoms with Crippen LogP contribution in [0.1, 0.15) is 18.3 Å². The lowest BCUT2D eigenvalue weighted by Crippen LogP contribution is -2.40. The minimum Gasteiger partial charge on any atom is -0.356 e. The van der Waals surface area contributed by atoms with Crippen molar-refractivity contribution in [3.05, 3.63) is 47.8 Å². The van der Waals surface area contributed by atoms with E-state index in [9.17, 15) is 4.39 Å². The summed E-state index contributed by atoms with van der Waals surface area (Å²) < 4.78 is 15.0. The first-order valence-electron chi connectivity index (χ1n) is 8.85. The molecule has 0 saturated carbocycles. The van der Waals surface area contributed by atoms with Crippen molar-refractivity contribution in [2.75, 3.05) is 31.6 Å². The van der Waals surface area contributed by atoms with E-state index in [1.807, 2.05) is 16.7 Å². The van der Waals surface area contributed by atoms with E-state index in [1.54, 1.807) is 18.1 Å². The van der Waals surface area contributed by atoms with Gasteiger partial charge in [0.05, 0.1) is 6.54 Å². The Bertz CT molecular complexity index is 677. The van der Waals surface area contributed by atoms with Crippen LogP contribution in [0.2, 0.25) is 0 Å². The average molecular weight is 506 g/mol. The monoisotopic (exact) mass is 506 g/mol. The highest BCUT2D eigenvalue weighted by molar-refractivity contribution is 14.0. The molecule has 1 aromatic heterocycles. The number of nitrogens with zero attached hydrogens (tertiary/aromatic N) is 4. The van der Waals surface area contributed by atoms with Gasteiger partial charge in [-0.2, -0.15) is 11.8 Å². The number of rotatable bonds is 10. The van der Waals surface area contributed by atoms with Crippen molar-refractivity contribution in [3.8, 4) is 0 Å². The number of halogens is 2. The number of guanidine groups is 1. The van der Waals surface area contributed by atoms with E-state index >= 15 is 0 Å². The highest BCUT2D eigenvalue weighted by Crippen LogP contribution is 2.02. The van der Waals surface area contributed by atoms with Crippen molar-refractivity contribution in [3.63, 3.8) is 0 Å². The zero-order chi connectivity index (χ0) is 18.6. The van der Waals surface area contributed by atoms with Gasteiger partial charge in [0.15, 0.2) is 5.96 Å². The van der Waals surface area contributed by atoms with E-state index in [0.29, 0.717) is 0 Å². The Balaban J connectivity index is 0.00000364. The van der Waals surface area contributed by atoms with Crippen molar-refractivity contribution in [1.29, 1.82) is 0 Å². The molecule has 2 rings (SSSR count). The van der Waals surface area contributed by atoms with Gasteiger partial charge < -0.3 is 15.2 Å². The van der Waals surface area contributed by atoms with Crippen LogP contribution >= 0.6 is 35.7 Å². The first kappa shape index (κ1) is 23.7. The first-order valence-corrected chi connectivity index (χ1v) is 10.2. The van der Waals surface area contributed by atoms with Crippen LogP contribution in [0.3, 0.4) is 0 Å². The second-order valence-electron chi connectivity index (χ2n) is 5.75. The number of hydrogen-bond donors (Lipinski definition) is 2. The molecule has 0 spiro atoms. The van der Waals surface area contributed by atoms with Gasteiger partial charge in [0.2, 0.25) is 0 Å². The zero-order valence-electron chi connectivity index (χ0n) is 15.8. The summed E-state index contributed by atoms with van der Waals surface area (Å²) in [6.45, 7) is 5.10. The van der Waals surface area contributed by atoms with Gasteiger partial charge in [0.25, 0.3) is 0 Å². The SMILES string of the molecule is CCc1nncn1CCNC(=NCCSC)NCCc1ccc(F)cc1.I. The van der Waals surface area contributed by atoms with Gasteiger partial charge in [0, 0.05) is 31.8 Å². The molecule has 9 heteroatoms. The normalized spacial score (nSPS) is 11.1. The summed E-state index contributed by atoms with van der Waals surface area (Å²) in [6.07, 6.45) is 5.51. The summed E-state index contributed by atoms with van der Waals surface area (Å²) in [5.74, 6) is 2.56. The molecule has 0 amide bonds. The third kappa shape index (κ3) is 8.91. The lowest BCUT2D eigenvalue weighted by molar-refractivity contribution is 0.626. The fourth-order valence-corrected chi connectivity index (χ4v) is 2.71. The summed E-state index contributed by atoms with van der Waals surface area (Å²) in [5, 5.41) is 14.7. The van der Waals surface area contributed by atoms with E-state index in [4.69, 9.17) is 0 Å². The second-order valence-corrected chi connectivity index (χ2v) is 6.73. The molecule has 0 bridgehead atoms. The zero-order valence-corrected chi connectivity index (χ0v) is 19.0. The van der Waals surface area contributed by atoms with Crippen molar-refractivity contribution in [2.24, 2.45) is 4.99 Å². The van der Waals surface area contributed by atoms with Crippen molar-refractivity contribution < 1.29 is 4.39 Å². The Kier molecular flexibility index (Phi) is 12.1. The van der Waals surface area contributed by atoms with E-state index in [2.05, 4.69) is 39.0 Å². The van der Waals surface area contributed by atoms with E-state index in [-0.39, 0.29) is 29.8 Å². The number of nitrogens with one attached hydrogen (secondary N) is 2. The van der Waals surface area contributed by atoms with Crippen LogP contribution in [0.4, 0.5) is 4.39 Å². The Morgan fingerprint density at radius 2 is 1.96 bits per heavy atom. The molecule has 2 N–H and O–H groups in total. The summed E-state index contributed by atoms with van der Waals surface area (Å²) in [4.78, 5) is 4.59. The molecule has 27 heavy (non-hydrogen) atoms. The maximum Gasteiger partial charge on any atom is 0.191 e. The Morgan fingerprint density at radius 1 is 1.22 bits per heavy atom. The standard InChI is InChI=1S/C18H27FN6S.HI/c1-3-17-24-23-14-25(17)12-10-21-18(22-11-13-26-2)20-9-8-15-4-6-16(19)7-5-15;/h4-7,14H,3,8-13H2,1-2H3,(H2,20,21,22);1H. The van der Waals surface area contributed by atoms with Gasteiger partial charge in [-0.3, -0.25) is 4.99 Å². The number of aromatic nitrogens is 3. The molecule has 6 nitrogen and oxygen atoms in total. The first-order chi connectivity index (χ1) is 12.7. The fourth-order valence-electron chi connectivity index (χ4n) is 2.43. The van der Waals surface area contributed by atoms with Gasteiger partial charge >= 0.3 is 0 Å². The van der Waals surface area contributed by atoms with Gasteiger partial charge in [-0.05, 0) is 30.4 Å². The molecule has 2 aromatic rings. The van der Waals surface area contributed by atoms with Crippen LogP contribution in [0.25, 0.3) is 0 Å². The fraction of sp³-hybridized carbons (Fsp3) is 0.500. The van der Waals surface area contributed by atoms with Gasteiger partial charge in [0.1, 0.15) is 18.0 Å². The molecule has 0 fully saturated rings. The molecule has 150 valence electrons. The average Bonchev–Trinajstić information content (AvgIpc) is 3.10. The maximum atomic E-state index is 13.0. The van der Waals surface area contributed by atoms with Crippen molar-refractivity contribution in [2.45, 2.75) is 26.3 Å². The van der Waals surface area contributed by atoms with Gasteiger partial charge in [-0.15, -0.1) is 34.2 Å². The molecule has 1 aromatic carbocycles. The summed E-state index contributed by atoms with van der Waals surface area (Å²) in [7, 11) is 0. The molecular formula is C18H28FIN6S. The number of benzene rings is 1.